The highest BCUT2D eigenvalue weighted by atomic mass is 19.1. The molecule has 1 aliphatic rings. The van der Waals surface area contributed by atoms with Crippen LogP contribution in [0.25, 0.3) is 11.0 Å². The van der Waals surface area contributed by atoms with E-state index in [1.54, 1.807) is 26.1 Å². The summed E-state index contributed by atoms with van der Waals surface area (Å²) in [7, 11) is 0. The van der Waals surface area contributed by atoms with E-state index in [1.807, 2.05) is 4.90 Å². The molecule has 1 aromatic carbocycles. The van der Waals surface area contributed by atoms with Crippen molar-refractivity contribution >= 4 is 22.7 Å². The van der Waals surface area contributed by atoms with Gasteiger partial charge in [-0.05, 0) is 32.0 Å². The smallest absolute Gasteiger partial charge is 0.172 e. The first-order valence-electron chi connectivity index (χ1n) is 10.2. The van der Waals surface area contributed by atoms with E-state index in [0.717, 1.165) is 6.07 Å². The van der Waals surface area contributed by atoms with Crippen LogP contribution >= 0.6 is 0 Å². The first-order valence-corrected chi connectivity index (χ1v) is 10.2. The maximum absolute atomic E-state index is 13.8. The van der Waals surface area contributed by atoms with Gasteiger partial charge in [-0.2, -0.15) is 0 Å². The summed E-state index contributed by atoms with van der Waals surface area (Å²) in [6.07, 6.45) is 3.13. The molecular weight excluding hydrogens is 404 g/mol. The number of nitrogens with two attached hydrogens (primary N) is 1. The van der Waals surface area contributed by atoms with Gasteiger partial charge in [-0.15, -0.1) is 0 Å². The molecule has 7 nitrogen and oxygen atoms in total. The summed E-state index contributed by atoms with van der Waals surface area (Å²) in [5, 5.41) is 10.00. The number of ether oxygens (including phenoxy) is 1. The van der Waals surface area contributed by atoms with Gasteiger partial charge in [0.15, 0.2) is 23.2 Å². The second-order valence-electron chi connectivity index (χ2n) is 8.47. The van der Waals surface area contributed by atoms with E-state index in [9.17, 15) is 13.9 Å². The lowest BCUT2D eigenvalue weighted by Crippen LogP contribution is -2.39. The third kappa shape index (κ3) is 4.99. The summed E-state index contributed by atoms with van der Waals surface area (Å²) in [5.74, 6) is -0.388. The van der Waals surface area contributed by atoms with Crippen molar-refractivity contribution in [1.29, 1.82) is 0 Å². The quantitative estimate of drug-likeness (QED) is 0.643. The predicted molar refractivity (Wildman–Crippen MR) is 114 cm³/mol. The molecule has 0 unspecified atom stereocenters. The maximum Gasteiger partial charge on any atom is 0.172 e. The Bertz CT molecular complexity index is 1100. The number of nitrogen functional groups attached to an aromatic ring is 1. The summed E-state index contributed by atoms with van der Waals surface area (Å²) >= 11 is 0. The minimum absolute atomic E-state index is 0.0535. The van der Waals surface area contributed by atoms with Crippen LogP contribution in [0.1, 0.15) is 32.4 Å². The van der Waals surface area contributed by atoms with Crippen molar-refractivity contribution in [3.05, 3.63) is 47.8 Å². The lowest BCUT2D eigenvalue weighted by molar-refractivity contribution is 0.0800. The Morgan fingerprint density at radius 3 is 2.58 bits per heavy atom. The highest BCUT2D eigenvalue weighted by Gasteiger charge is 2.25. The zero-order chi connectivity index (χ0) is 22.2. The molecule has 3 heterocycles. The van der Waals surface area contributed by atoms with E-state index in [-0.39, 0.29) is 11.9 Å². The third-order valence-corrected chi connectivity index (χ3v) is 5.16. The van der Waals surface area contributed by atoms with Crippen molar-refractivity contribution in [3.8, 4) is 5.75 Å². The molecule has 0 atom stereocenters. The molecule has 0 aliphatic carbocycles. The van der Waals surface area contributed by atoms with Crippen LogP contribution in [0, 0.1) is 11.6 Å². The number of hydrogen-bond acceptors (Lipinski definition) is 7. The number of halogens is 2. The normalized spacial score (nSPS) is 15.5. The Kier molecular flexibility index (Phi) is 5.62. The van der Waals surface area contributed by atoms with Gasteiger partial charge >= 0.3 is 0 Å². The predicted octanol–water partition coefficient (Wildman–Crippen LogP) is 3.25. The topological polar surface area (TPSA) is 97.4 Å². The standard InChI is InChI=1S/C22H25F2N5O2/c1-22(2,30)11-14-10-17-18(12-26-14)28-21(20(25)27-17)29-7-5-15(6-8-29)31-19-4-3-13(23)9-16(19)24/h3-4,9-10,12,15,30H,5-8,11H2,1-2H3,(H2,25,27). The van der Waals surface area contributed by atoms with Crippen molar-refractivity contribution in [1.82, 2.24) is 15.0 Å². The average molecular weight is 429 g/mol. The van der Waals surface area contributed by atoms with Crippen LogP contribution in [0.5, 0.6) is 5.75 Å². The molecule has 164 valence electrons. The van der Waals surface area contributed by atoms with Crippen molar-refractivity contribution in [2.75, 3.05) is 23.7 Å². The molecule has 1 fully saturated rings. The van der Waals surface area contributed by atoms with Crippen LogP contribution < -0.4 is 15.4 Å². The molecule has 9 heteroatoms. The first kappa shape index (κ1) is 21.2. The van der Waals surface area contributed by atoms with E-state index in [2.05, 4.69) is 15.0 Å². The summed E-state index contributed by atoms with van der Waals surface area (Å²) in [6.45, 7) is 4.67. The van der Waals surface area contributed by atoms with Gasteiger partial charge in [0.2, 0.25) is 0 Å². The van der Waals surface area contributed by atoms with Gasteiger partial charge < -0.3 is 20.5 Å². The summed E-state index contributed by atoms with van der Waals surface area (Å²) in [5.41, 5.74) is 7.27. The number of hydrogen-bond donors (Lipinski definition) is 2. The van der Waals surface area contributed by atoms with Crippen LogP contribution in [0.15, 0.2) is 30.5 Å². The van der Waals surface area contributed by atoms with Crippen LogP contribution in [0.3, 0.4) is 0 Å². The zero-order valence-corrected chi connectivity index (χ0v) is 17.5. The van der Waals surface area contributed by atoms with Gasteiger partial charge in [0, 0.05) is 44.1 Å². The Labute approximate surface area is 178 Å². The third-order valence-electron chi connectivity index (χ3n) is 5.16. The number of nitrogens with zero attached hydrogens (tertiary/aromatic N) is 4. The van der Waals surface area contributed by atoms with E-state index in [4.69, 9.17) is 10.5 Å². The SMILES string of the molecule is CC(C)(O)Cc1cc2nc(N)c(N3CCC(Oc4ccc(F)cc4F)CC3)nc2cn1. The average Bonchev–Trinajstić information content (AvgIpc) is 2.69. The van der Waals surface area contributed by atoms with Crippen molar-refractivity contribution in [2.45, 2.75) is 44.8 Å². The molecule has 31 heavy (non-hydrogen) atoms. The number of piperidine rings is 1. The van der Waals surface area contributed by atoms with E-state index >= 15 is 0 Å². The molecular formula is C22H25F2N5O2. The number of fused-ring (bicyclic) bond motifs is 1. The van der Waals surface area contributed by atoms with Gasteiger partial charge in [0.05, 0.1) is 17.3 Å². The zero-order valence-electron chi connectivity index (χ0n) is 17.5. The second kappa shape index (κ2) is 8.22. The molecule has 0 radical (unpaired) electrons. The van der Waals surface area contributed by atoms with Crippen LogP contribution in [-0.2, 0) is 6.42 Å². The summed E-state index contributed by atoms with van der Waals surface area (Å²) in [6, 6.07) is 5.09. The monoisotopic (exact) mass is 429 g/mol. The van der Waals surface area contributed by atoms with Crippen LogP contribution in [-0.4, -0.2) is 44.9 Å². The fourth-order valence-electron chi connectivity index (χ4n) is 3.71. The lowest BCUT2D eigenvalue weighted by Gasteiger charge is -2.33. The Morgan fingerprint density at radius 1 is 1.16 bits per heavy atom. The molecule has 2 aromatic heterocycles. The van der Waals surface area contributed by atoms with Crippen molar-refractivity contribution in [2.24, 2.45) is 0 Å². The molecule has 1 aliphatic heterocycles. The van der Waals surface area contributed by atoms with Gasteiger partial charge in [0.25, 0.3) is 0 Å². The molecule has 0 amide bonds. The number of pyridine rings is 1. The molecule has 0 bridgehead atoms. The number of benzene rings is 1. The van der Waals surface area contributed by atoms with E-state index < -0.39 is 17.2 Å². The number of anilines is 2. The fraction of sp³-hybridized carbons (Fsp3) is 0.409. The number of aromatic nitrogens is 3. The van der Waals surface area contributed by atoms with Gasteiger partial charge in [-0.25, -0.2) is 18.7 Å². The maximum atomic E-state index is 13.8. The minimum atomic E-state index is -0.872. The van der Waals surface area contributed by atoms with Crippen molar-refractivity contribution < 1.29 is 18.6 Å². The highest BCUT2D eigenvalue weighted by Crippen LogP contribution is 2.28. The molecule has 3 aromatic rings. The van der Waals surface area contributed by atoms with Crippen molar-refractivity contribution in [3.63, 3.8) is 0 Å². The Balaban J connectivity index is 1.45. The molecule has 4 rings (SSSR count). The number of rotatable bonds is 5. The Morgan fingerprint density at radius 2 is 1.90 bits per heavy atom. The summed E-state index contributed by atoms with van der Waals surface area (Å²) in [4.78, 5) is 15.5. The molecule has 3 N–H and O–H groups in total. The highest BCUT2D eigenvalue weighted by molar-refractivity contribution is 5.79. The van der Waals surface area contributed by atoms with E-state index in [0.29, 0.717) is 60.7 Å². The second-order valence-corrected chi connectivity index (χ2v) is 8.47. The van der Waals surface area contributed by atoms with Gasteiger partial charge in [-0.1, -0.05) is 0 Å². The largest absolute Gasteiger partial charge is 0.487 e. The number of aliphatic hydroxyl groups is 1. The molecule has 1 saturated heterocycles. The molecule has 0 saturated carbocycles. The van der Waals surface area contributed by atoms with Crippen LogP contribution in [0.2, 0.25) is 0 Å². The summed E-state index contributed by atoms with van der Waals surface area (Å²) < 4.78 is 32.6. The first-order chi connectivity index (χ1) is 14.7. The molecule has 0 spiro atoms. The van der Waals surface area contributed by atoms with Gasteiger partial charge in [0.1, 0.15) is 17.4 Å². The van der Waals surface area contributed by atoms with E-state index in [1.165, 1.54) is 12.1 Å². The lowest BCUT2D eigenvalue weighted by atomic mass is 10.0. The minimum Gasteiger partial charge on any atom is -0.487 e. The Hall–Kier alpha value is -3.07. The fourth-order valence-corrected chi connectivity index (χ4v) is 3.71. The van der Waals surface area contributed by atoms with Crippen LogP contribution in [0.4, 0.5) is 20.4 Å². The van der Waals surface area contributed by atoms with Gasteiger partial charge in [-0.3, -0.25) is 4.98 Å².